The molecule has 2 unspecified atom stereocenters. The van der Waals surface area contributed by atoms with Crippen LogP contribution in [0.2, 0.25) is 0 Å². The lowest BCUT2D eigenvalue weighted by Gasteiger charge is -2.17. The molecule has 4 heteroatoms. The van der Waals surface area contributed by atoms with Crippen LogP contribution in [0.15, 0.2) is 22.7 Å². The first-order chi connectivity index (χ1) is 8.54. The van der Waals surface area contributed by atoms with Crippen molar-refractivity contribution < 1.29 is 9.18 Å². The Morgan fingerprint density at radius 2 is 2.28 bits per heavy atom. The maximum absolute atomic E-state index is 13.4. The lowest BCUT2D eigenvalue weighted by Crippen LogP contribution is -2.29. The quantitative estimate of drug-likeness (QED) is 0.830. The molecule has 0 heterocycles. The summed E-state index contributed by atoms with van der Waals surface area (Å²) >= 11 is 3.15. The van der Waals surface area contributed by atoms with Gasteiger partial charge in [-0.1, -0.05) is 13.0 Å². The molecular formula is C14H17BrFNO. The van der Waals surface area contributed by atoms with E-state index in [1.165, 1.54) is 0 Å². The summed E-state index contributed by atoms with van der Waals surface area (Å²) < 4.78 is 13.9. The maximum atomic E-state index is 13.4. The lowest BCUT2D eigenvalue weighted by atomic mass is 10.1. The van der Waals surface area contributed by atoms with E-state index in [9.17, 15) is 9.18 Å². The van der Waals surface area contributed by atoms with E-state index >= 15 is 0 Å². The number of rotatable bonds is 4. The highest BCUT2D eigenvalue weighted by Gasteiger charge is 2.43. The van der Waals surface area contributed by atoms with E-state index in [2.05, 4.69) is 15.9 Å². The Labute approximate surface area is 115 Å². The number of hydrogen-bond acceptors (Lipinski definition) is 1. The van der Waals surface area contributed by atoms with Gasteiger partial charge in [0.25, 0.3) is 0 Å². The molecule has 18 heavy (non-hydrogen) atoms. The summed E-state index contributed by atoms with van der Waals surface area (Å²) in [4.78, 5) is 13.6. The molecule has 2 rings (SSSR count). The average molecular weight is 314 g/mol. The largest absolute Gasteiger partial charge is 0.342 e. The first-order valence-corrected chi connectivity index (χ1v) is 7.04. The highest BCUT2D eigenvalue weighted by Crippen LogP contribution is 2.44. The number of benzene rings is 1. The molecule has 1 fully saturated rings. The first kappa shape index (κ1) is 13.5. The Balaban J connectivity index is 2.02. The molecule has 0 aliphatic heterocycles. The molecule has 98 valence electrons. The van der Waals surface area contributed by atoms with Crippen molar-refractivity contribution >= 4 is 21.8 Å². The molecular weight excluding hydrogens is 297 g/mol. The lowest BCUT2D eigenvalue weighted by molar-refractivity contribution is -0.130. The van der Waals surface area contributed by atoms with E-state index in [-0.39, 0.29) is 17.8 Å². The summed E-state index contributed by atoms with van der Waals surface area (Å²) in [6.07, 6.45) is 2.40. The molecule has 0 saturated heterocycles. The van der Waals surface area contributed by atoms with Crippen molar-refractivity contribution in [2.45, 2.75) is 38.1 Å². The Hall–Kier alpha value is -0.900. The SMILES string of the molecule is CCCC(=O)N(C)C1CC1c1ccc(Br)c(F)c1. The van der Waals surface area contributed by atoms with Gasteiger partial charge in [0.15, 0.2) is 0 Å². The summed E-state index contributed by atoms with van der Waals surface area (Å²) in [5.41, 5.74) is 0.983. The van der Waals surface area contributed by atoms with Crippen molar-refractivity contribution in [1.29, 1.82) is 0 Å². The second kappa shape index (κ2) is 5.39. The Morgan fingerprint density at radius 1 is 1.56 bits per heavy atom. The van der Waals surface area contributed by atoms with Crippen LogP contribution >= 0.6 is 15.9 Å². The number of nitrogens with zero attached hydrogens (tertiary/aromatic N) is 1. The van der Waals surface area contributed by atoms with Gasteiger partial charge < -0.3 is 4.90 Å². The van der Waals surface area contributed by atoms with Gasteiger partial charge in [-0.15, -0.1) is 0 Å². The zero-order valence-electron chi connectivity index (χ0n) is 10.6. The van der Waals surface area contributed by atoms with Crippen LogP contribution in [0, 0.1) is 5.82 Å². The predicted molar refractivity (Wildman–Crippen MR) is 72.9 cm³/mol. The van der Waals surface area contributed by atoms with Crippen LogP contribution in [0.4, 0.5) is 4.39 Å². The summed E-state index contributed by atoms with van der Waals surface area (Å²) in [6, 6.07) is 5.46. The minimum atomic E-state index is -0.235. The van der Waals surface area contributed by atoms with Crippen LogP contribution in [0.25, 0.3) is 0 Å². The van der Waals surface area contributed by atoms with Crippen LogP contribution in [0.3, 0.4) is 0 Å². The van der Waals surface area contributed by atoms with Crippen molar-refractivity contribution in [2.24, 2.45) is 0 Å². The third-order valence-electron chi connectivity index (χ3n) is 3.48. The van der Waals surface area contributed by atoms with Gasteiger partial charge in [0.2, 0.25) is 5.91 Å². The van der Waals surface area contributed by atoms with Crippen molar-refractivity contribution in [3.8, 4) is 0 Å². The van der Waals surface area contributed by atoms with Gasteiger partial charge >= 0.3 is 0 Å². The van der Waals surface area contributed by atoms with Gasteiger partial charge in [-0.3, -0.25) is 4.79 Å². The molecule has 2 atom stereocenters. The van der Waals surface area contributed by atoms with Crippen LogP contribution in [-0.2, 0) is 4.79 Å². The fourth-order valence-corrected chi connectivity index (χ4v) is 2.53. The molecule has 0 bridgehead atoms. The van der Waals surface area contributed by atoms with Crippen LogP contribution in [-0.4, -0.2) is 23.9 Å². The Kier molecular flexibility index (Phi) is 4.05. The zero-order chi connectivity index (χ0) is 13.3. The number of likely N-dealkylation sites (N-methyl/N-ethyl adjacent to an activating group) is 1. The molecule has 1 amide bonds. The molecule has 1 aliphatic rings. The molecule has 1 aromatic rings. The number of halogens is 2. The van der Waals surface area contributed by atoms with Gasteiger partial charge in [0.1, 0.15) is 5.82 Å². The van der Waals surface area contributed by atoms with Crippen LogP contribution in [0.1, 0.15) is 37.7 Å². The molecule has 0 radical (unpaired) electrons. The zero-order valence-corrected chi connectivity index (χ0v) is 12.2. The highest BCUT2D eigenvalue weighted by molar-refractivity contribution is 9.10. The summed E-state index contributed by atoms with van der Waals surface area (Å²) in [5, 5.41) is 0. The number of hydrogen-bond donors (Lipinski definition) is 0. The van der Waals surface area contributed by atoms with Gasteiger partial charge in [-0.2, -0.15) is 0 Å². The van der Waals surface area contributed by atoms with Crippen molar-refractivity contribution in [1.82, 2.24) is 4.90 Å². The molecule has 1 aliphatic carbocycles. The standard InChI is InChI=1S/C14H17BrFNO/c1-3-4-14(18)17(2)13-8-10(13)9-5-6-11(15)12(16)7-9/h5-7,10,13H,3-4,8H2,1-2H3. The smallest absolute Gasteiger partial charge is 0.222 e. The summed E-state index contributed by atoms with van der Waals surface area (Å²) in [5.74, 6) is 0.238. The highest BCUT2D eigenvalue weighted by atomic mass is 79.9. The fourth-order valence-electron chi connectivity index (χ4n) is 2.29. The third kappa shape index (κ3) is 2.74. The first-order valence-electron chi connectivity index (χ1n) is 6.25. The van der Waals surface area contributed by atoms with Gasteiger partial charge in [0.05, 0.1) is 4.47 Å². The summed E-state index contributed by atoms with van der Waals surface area (Å²) in [7, 11) is 1.85. The second-order valence-electron chi connectivity index (χ2n) is 4.84. The number of carbonyl (C=O) groups excluding carboxylic acids is 1. The Morgan fingerprint density at radius 3 is 2.89 bits per heavy atom. The molecule has 0 aromatic heterocycles. The average Bonchev–Trinajstić information content (AvgIpc) is 3.12. The van der Waals surface area contributed by atoms with E-state index < -0.39 is 0 Å². The van der Waals surface area contributed by atoms with Crippen molar-refractivity contribution in [2.75, 3.05) is 7.05 Å². The molecule has 1 saturated carbocycles. The van der Waals surface area contributed by atoms with Crippen LogP contribution < -0.4 is 0 Å². The molecule has 2 nitrogen and oxygen atoms in total. The number of amides is 1. The third-order valence-corrected chi connectivity index (χ3v) is 4.13. The topological polar surface area (TPSA) is 20.3 Å². The Bertz CT molecular complexity index is 463. The normalized spacial score (nSPS) is 21.8. The van der Waals surface area contributed by atoms with Crippen molar-refractivity contribution in [3.05, 3.63) is 34.1 Å². The maximum Gasteiger partial charge on any atom is 0.222 e. The molecule has 1 aromatic carbocycles. The van der Waals surface area contributed by atoms with Gasteiger partial charge in [-0.05, 0) is 46.5 Å². The van der Waals surface area contributed by atoms with Crippen LogP contribution in [0.5, 0.6) is 0 Å². The van der Waals surface area contributed by atoms with Gasteiger partial charge in [0, 0.05) is 25.4 Å². The number of carbonyl (C=O) groups is 1. The summed E-state index contributed by atoms with van der Waals surface area (Å²) in [6.45, 7) is 2.00. The second-order valence-corrected chi connectivity index (χ2v) is 5.69. The van der Waals surface area contributed by atoms with E-state index in [4.69, 9.17) is 0 Å². The van der Waals surface area contributed by atoms with Gasteiger partial charge in [-0.25, -0.2) is 4.39 Å². The molecule has 0 N–H and O–H groups in total. The minimum Gasteiger partial charge on any atom is -0.342 e. The van der Waals surface area contributed by atoms with E-state index in [0.717, 1.165) is 18.4 Å². The fraction of sp³-hybridized carbons (Fsp3) is 0.500. The predicted octanol–water partition coefficient (Wildman–Crippen LogP) is 3.70. The minimum absolute atomic E-state index is 0.183. The van der Waals surface area contributed by atoms with E-state index in [1.54, 1.807) is 12.1 Å². The van der Waals surface area contributed by atoms with E-state index in [0.29, 0.717) is 16.8 Å². The van der Waals surface area contributed by atoms with E-state index in [1.807, 2.05) is 24.9 Å². The monoisotopic (exact) mass is 313 g/mol. The van der Waals surface area contributed by atoms with Crippen molar-refractivity contribution in [3.63, 3.8) is 0 Å². The molecule has 0 spiro atoms.